The Labute approximate surface area is 118 Å². The van der Waals surface area contributed by atoms with Crippen molar-refractivity contribution in [1.82, 2.24) is 9.88 Å². The molecule has 3 rings (SSSR count). The van der Waals surface area contributed by atoms with E-state index in [1.807, 2.05) is 4.90 Å². The zero-order valence-corrected chi connectivity index (χ0v) is 11.4. The summed E-state index contributed by atoms with van der Waals surface area (Å²) in [5.41, 5.74) is 5.89. The van der Waals surface area contributed by atoms with Gasteiger partial charge in [-0.1, -0.05) is 12.8 Å². The van der Waals surface area contributed by atoms with E-state index >= 15 is 0 Å². The molecule has 0 spiro atoms. The first kappa shape index (κ1) is 13.1. The summed E-state index contributed by atoms with van der Waals surface area (Å²) in [6.45, 7) is 1.70. The van der Waals surface area contributed by atoms with Gasteiger partial charge in [-0.25, -0.2) is 0 Å². The van der Waals surface area contributed by atoms with Gasteiger partial charge in [-0.3, -0.25) is 14.6 Å². The highest BCUT2D eigenvalue weighted by molar-refractivity contribution is 5.95. The third-order valence-electron chi connectivity index (χ3n) is 4.53. The monoisotopic (exact) mass is 273 g/mol. The second-order valence-electron chi connectivity index (χ2n) is 5.81. The highest BCUT2D eigenvalue weighted by Crippen LogP contribution is 2.36. The molecule has 1 aromatic heterocycles. The SMILES string of the molecule is NC(=O)c1ccc(C(=O)N2CC3CCCCC3C2)nc1. The fraction of sp³-hybridized carbons (Fsp3) is 0.533. The lowest BCUT2D eigenvalue weighted by Gasteiger charge is -2.22. The first-order valence-electron chi connectivity index (χ1n) is 7.20. The van der Waals surface area contributed by atoms with E-state index in [0.717, 1.165) is 13.1 Å². The van der Waals surface area contributed by atoms with Crippen molar-refractivity contribution in [3.63, 3.8) is 0 Å². The molecule has 1 aliphatic carbocycles. The van der Waals surface area contributed by atoms with Crippen LogP contribution in [0, 0.1) is 11.8 Å². The number of amides is 2. The average Bonchev–Trinajstić information content (AvgIpc) is 2.90. The predicted octanol–water partition coefficient (Wildman–Crippen LogP) is 1.44. The summed E-state index contributed by atoms with van der Waals surface area (Å²) >= 11 is 0. The summed E-state index contributed by atoms with van der Waals surface area (Å²) < 4.78 is 0. The summed E-state index contributed by atoms with van der Waals surface area (Å²) in [6, 6.07) is 3.15. The van der Waals surface area contributed by atoms with Crippen LogP contribution in [-0.2, 0) is 0 Å². The van der Waals surface area contributed by atoms with Gasteiger partial charge in [-0.2, -0.15) is 0 Å². The lowest BCUT2D eigenvalue weighted by Crippen LogP contribution is -2.29. The van der Waals surface area contributed by atoms with Crippen molar-refractivity contribution in [3.8, 4) is 0 Å². The number of primary amides is 1. The third-order valence-corrected chi connectivity index (χ3v) is 4.53. The molecule has 2 amide bonds. The average molecular weight is 273 g/mol. The van der Waals surface area contributed by atoms with Gasteiger partial charge in [0, 0.05) is 19.3 Å². The molecule has 1 saturated heterocycles. The normalized spacial score (nSPS) is 25.3. The molecule has 1 aromatic rings. The number of nitrogens with zero attached hydrogens (tertiary/aromatic N) is 2. The zero-order valence-electron chi connectivity index (χ0n) is 11.4. The van der Waals surface area contributed by atoms with Crippen LogP contribution in [0.25, 0.3) is 0 Å². The number of aromatic nitrogens is 1. The summed E-state index contributed by atoms with van der Waals surface area (Å²) in [5.74, 6) is 0.772. The summed E-state index contributed by atoms with van der Waals surface area (Å²) in [7, 11) is 0. The fourth-order valence-corrected chi connectivity index (χ4v) is 3.40. The molecule has 2 fully saturated rings. The number of carbonyl (C=O) groups is 2. The van der Waals surface area contributed by atoms with Crippen molar-refractivity contribution < 1.29 is 9.59 Å². The van der Waals surface area contributed by atoms with Crippen LogP contribution in [0.2, 0.25) is 0 Å². The highest BCUT2D eigenvalue weighted by atomic mass is 16.2. The van der Waals surface area contributed by atoms with Crippen molar-refractivity contribution in [3.05, 3.63) is 29.6 Å². The summed E-state index contributed by atoms with van der Waals surface area (Å²) in [4.78, 5) is 29.4. The molecule has 2 atom stereocenters. The lowest BCUT2D eigenvalue weighted by atomic mass is 9.82. The van der Waals surface area contributed by atoms with Crippen LogP contribution in [0.4, 0.5) is 0 Å². The van der Waals surface area contributed by atoms with Crippen LogP contribution in [0.3, 0.4) is 0 Å². The van der Waals surface area contributed by atoms with E-state index in [-0.39, 0.29) is 5.91 Å². The van der Waals surface area contributed by atoms with Crippen LogP contribution in [0.1, 0.15) is 46.5 Å². The molecule has 106 valence electrons. The maximum atomic E-state index is 12.4. The molecular formula is C15H19N3O2. The second-order valence-corrected chi connectivity index (χ2v) is 5.81. The van der Waals surface area contributed by atoms with Crippen molar-refractivity contribution in [2.75, 3.05) is 13.1 Å². The van der Waals surface area contributed by atoms with E-state index in [1.165, 1.54) is 31.9 Å². The standard InChI is InChI=1S/C15H19N3O2/c16-14(19)10-5-6-13(17-7-10)15(20)18-8-11-3-1-2-4-12(11)9-18/h5-7,11-12H,1-4,8-9H2,(H2,16,19). The Hall–Kier alpha value is -1.91. The van der Waals surface area contributed by atoms with Crippen LogP contribution in [-0.4, -0.2) is 34.8 Å². The first-order chi connectivity index (χ1) is 9.65. The van der Waals surface area contributed by atoms with Gasteiger partial charge in [0.1, 0.15) is 5.69 Å². The van der Waals surface area contributed by atoms with Crippen molar-refractivity contribution in [2.45, 2.75) is 25.7 Å². The minimum Gasteiger partial charge on any atom is -0.366 e. The van der Waals surface area contributed by atoms with E-state index in [1.54, 1.807) is 12.1 Å². The van der Waals surface area contributed by atoms with Crippen LogP contribution in [0.15, 0.2) is 18.3 Å². The number of fused-ring (bicyclic) bond motifs is 1. The first-order valence-corrected chi connectivity index (χ1v) is 7.20. The maximum Gasteiger partial charge on any atom is 0.272 e. The molecule has 0 bridgehead atoms. The summed E-state index contributed by atoms with van der Waals surface area (Å²) in [6.07, 6.45) is 6.42. The van der Waals surface area contributed by atoms with Gasteiger partial charge in [-0.15, -0.1) is 0 Å². The second kappa shape index (κ2) is 5.23. The number of hydrogen-bond donors (Lipinski definition) is 1. The predicted molar refractivity (Wildman–Crippen MR) is 74.1 cm³/mol. The molecule has 20 heavy (non-hydrogen) atoms. The highest BCUT2D eigenvalue weighted by Gasteiger charge is 2.36. The number of rotatable bonds is 2. The summed E-state index contributed by atoms with van der Waals surface area (Å²) in [5, 5.41) is 0. The molecule has 2 unspecified atom stereocenters. The Kier molecular flexibility index (Phi) is 3.42. The van der Waals surface area contributed by atoms with Gasteiger partial charge >= 0.3 is 0 Å². The Balaban J connectivity index is 1.71. The Morgan fingerprint density at radius 1 is 1.15 bits per heavy atom. The quantitative estimate of drug-likeness (QED) is 0.885. The van der Waals surface area contributed by atoms with Crippen molar-refractivity contribution in [2.24, 2.45) is 17.6 Å². The molecule has 2 heterocycles. The molecule has 2 aliphatic rings. The van der Waals surface area contributed by atoms with E-state index < -0.39 is 5.91 Å². The van der Waals surface area contributed by atoms with E-state index in [0.29, 0.717) is 23.1 Å². The third kappa shape index (κ3) is 2.40. The number of nitrogens with two attached hydrogens (primary N) is 1. The smallest absolute Gasteiger partial charge is 0.272 e. The Morgan fingerprint density at radius 3 is 2.30 bits per heavy atom. The molecular weight excluding hydrogens is 254 g/mol. The number of hydrogen-bond acceptors (Lipinski definition) is 3. The lowest BCUT2D eigenvalue weighted by molar-refractivity contribution is 0.0777. The number of pyridine rings is 1. The van der Waals surface area contributed by atoms with Gasteiger partial charge in [0.05, 0.1) is 5.56 Å². The molecule has 1 saturated carbocycles. The molecule has 5 heteroatoms. The van der Waals surface area contributed by atoms with Gasteiger partial charge in [-0.05, 0) is 36.8 Å². The Bertz CT molecular complexity index is 512. The van der Waals surface area contributed by atoms with E-state index in [2.05, 4.69) is 4.98 Å². The fourth-order valence-electron chi connectivity index (χ4n) is 3.40. The zero-order chi connectivity index (χ0) is 14.1. The minimum absolute atomic E-state index is 0.0320. The topological polar surface area (TPSA) is 76.3 Å². The molecule has 2 N–H and O–H groups in total. The molecule has 1 aliphatic heterocycles. The van der Waals surface area contributed by atoms with Gasteiger partial charge in [0.2, 0.25) is 5.91 Å². The van der Waals surface area contributed by atoms with Crippen LogP contribution >= 0.6 is 0 Å². The molecule has 5 nitrogen and oxygen atoms in total. The van der Waals surface area contributed by atoms with Crippen molar-refractivity contribution >= 4 is 11.8 Å². The maximum absolute atomic E-state index is 12.4. The minimum atomic E-state index is -0.524. The van der Waals surface area contributed by atoms with Crippen LogP contribution in [0.5, 0.6) is 0 Å². The van der Waals surface area contributed by atoms with Gasteiger partial charge < -0.3 is 10.6 Å². The van der Waals surface area contributed by atoms with Crippen molar-refractivity contribution in [1.29, 1.82) is 0 Å². The van der Waals surface area contributed by atoms with Crippen LogP contribution < -0.4 is 5.73 Å². The number of carbonyl (C=O) groups excluding carboxylic acids is 2. The Morgan fingerprint density at radius 2 is 1.80 bits per heavy atom. The molecule has 0 radical (unpaired) electrons. The van der Waals surface area contributed by atoms with Gasteiger partial charge in [0.15, 0.2) is 0 Å². The van der Waals surface area contributed by atoms with E-state index in [9.17, 15) is 9.59 Å². The number of likely N-dealkylation sites (tertiary alicyclic amines) is 1. The molecule has 0 aromatic carbocycles. The van der Waals surface area contributed by atoms with Gasteiger partial charge in [0.25, 0.3) is 5.91 Å². The van der Waals surface area contributed by atoms with E-state index in [4.69, 9.17) is 5.73 Å². The largest absolute Gasteiger partial charge is 0.366 e.